The molecular formula is C13H18FNO2S. The Morgan fingerprint density at radius 3 is 2.56 bits per heavy atom. The SMILES string of the molecule is CCC(NC1CCS(=O)(=O)C1)c1ccc(F)cc1. The first-order chi connectivity index (χ1) is 8.50. The first kappa shape index (κ1) is 13.5. The number of hydrogen-bond donors (Lipinski definition) is 1. The van der Waals surface area contributed by atoms with Gasteiger partial charge in [0.1, 0.15) is 5.82 Å². The minimum absolute atomic E-state index is 0.0185. The van der Waals surface area contributed by atoms with Crippen molar-refractivity contribution < 1.29 is 12.8 Å². The van der Waals surface area contributed by atoms with Crippen LogP contribution in [0, 0.1) is 5.82 Å². The predicted molar refractivity (Wildman–Crippen MR) is 69.6 cm³/mol. The lowest BCUT2D eigenvalue weighted by molar-refractivity contribution is 0.449. The van der Waals surface area contributed by atoms with Crippen molar-refractivity contribution in [2.75, 3.05) is 11.5 Å². The van der Waals surface area contributed by atoms with E-state index in [2.05, 4.69) is 5.32 Å². The highest BCUT2D eigenvalue weighted by Gasteiger charge is 2.29. The van der Waals surface area contributed by atoms with E-state index in [9.17, 15) is 12.8 Å². The normalized spacial score (nSPS) is 24.0. The highest BCUT2D eigenvalue weighted by atomic mass is 32.2. The maximum absolute atomic E-state index is 12.9. The van der Waals surface area contributed by atoms with E-state index in [0.29, 0.717) is 6.42 Å². The van der Waals surface area contributed by atoms with E-state index in [1.807, 2.05) is 6.92 Å². The van der Waals surface area contributed by atoms with Crippen LogP contribution in [0.4, 0.5) is 4.39 Å². The van der Waals surface area contributed by atoms with E-state index in [1.54, 1.807) is 12.1 Å². The molecule has 2 unspecified atom stereocenters. The van der Waals surface area contributed by atoms with Crippen molar-refractivity contribution in [3.05, 3.63) is 35.6 Å². The van der Waals surface area contributed by atoms with E-state index in [1.165, 1.54) is 12.1 Å². The molecule has 1 aliphatic rings. The summed E-state index contributed by atoms with van der Waals surface area (Å²) in [6.07, 6.45) is 1.52. The second-order valence-electron chi connectivity index (χ2n) is 4.78. The van der Waals surface area contributed by atoms with Crippen LogP contribution < -0.4 is 5.32 Å². The van der Waals surface area contributed by atoms with E-state index < -0.39 is 9.84 Å². The van der Waals surface area contributed by atoms with Crippen LogP contribution in [0.1, 0.15) is 31.4 Å². The molecule has 1 heterocycles. The summed E-state index contributed by atoms with van der Waals surface area (Å²) < 4.78 is 35.7. The molecule has 5 heteroatoms. The van der Waals surface area contributed by atoms with Crippen molar-refractivity contribution in [2.45, 2.75) is 31.8 Å². The van der Waals surface area contributed by atoms with Gasteiger partial charge in [-0.05, 0) is 30.5 Å². The summed E-state index contributed by atoms with van der Waals surface area (Å²) in [6.45, 7) is 2.03. The summed E-state index contributed by atoms with van der Waals surface area (Å²) in [6, 6.07) is 6.48. The molecule has 1 saturated heterocycles. The highest BCUT2D eigenvalue weighted by molar-refractivity contribution is 7.91. The molecule has 18 heavy (non-hydrogen) atoms. The third-order valence-corrected chi connectivity index (χ3v) is 5.12. The summed E-state index contributed by atoms with van der Waals surface area (Å²) >= 11 is 0. The predicted octanol–water partition coefficient (Wildman–Crippen LogP) is 2.05. The third-order valence-electron chi connectivity index (χ3n) is 3.35. The fourth-order valence-electron chi connectivity index (χ4n) is 2.36. The van der Waals surface area contributed by atoms with Crippen molar-refractivity contribution in [3.8, 4) is 0 Å². The molecule has 0 aliphatic carbocycles. The van der Waals surface area contributed by atoms with Gasteiger partial charge in [-0.25, -0.2) is 12.8 Å². The Morgan fingerprint density at radius 2 is 2.06 bits per heavy atom. The molecule has 1 aromatic carbocycles. The zero-order chi connectivity index (χ0) is 13.2. The van der Waals surface area contributed by atoms with Gasteiger partial charge >= 0.3 is 0 Å². The Labute approximate surface area is 107 Å². The number of hydrogen-bond acceptors (Lipinski definition) is 3. The minimum atomic E-state index is -2.86. The van der Waals surface area contributed by atoms with Crippen LogP contribution in [-0.2, 0) is 9.84 Å². The van der Waals surface area contributed by atoms with Gasteiger partial charge < -0.3 is 5.32 Å². The average molecular weight is 271 g/mol. The van der Waals surface area contributed by atoms with Crippen molar-refractivity contribution in [3.63, 3.8) is 0 Å². The number of rotatable bonds is 4. The lowest BCUT2D eigenvalue weighted by atomic mass is 10.0. The third kappa shape index (κ3) is 3.29. The quantitative estimate of drug-likeness (QED) is 0.911. The van der Waals surface area contributed by atoms with Crippen molar-refractivity contribution in [1.29, 1.82) is 0 Å². The molecule has 1 aromatic rings. The van der Waals surface area contributed by atoms with Gasteiger partial charge in [0.2, 0.25) is 0 Å². The maximum atomic E-state index is 12.9. The van der Waals surface area contributed by atoms with Crippen LogP contribution in [-0.4, -0.2) is 26.0 Å². The lowest BCUT2D eigenvalue weighted by Gasteiger charge is -2.21. The van der Waals surface area contributed by atoms with Crippen LogP contribution in [0.3, 0.4) is 0 Å². The van der Waals surface area contributed by atoms with Gasteiger partial charge in [0, 0.05) is 12.1 Å². The molecule has 0 spiro atoms. The van der Waals surface area contributed by atoms with Crippen molar-refractivity contribution in [1.82, 2.24) is 5.32 Å². The summed E-state index contributed by atoms with van der Waals surface area (Å²) in [4.78, 5) is 0. The van der Waals surface area contributed by atoms with Gasteiger partial charge in [-0.3, -0.25) is 0 Å². The molecule has 0 aromatic heterocycles. The molecule has 2 atom stereocenters. The first-order valence-electron chi connectivity index (χ1n) is 6.22. The first-order valence-corrected chi connectivity index (χ1v) is 8.04. The molecule has 1 N–H and O–H groups in total. The Balaban J connectivity index is 2.04. The van der Waals surface area contributed by atoms with Crippen LogP contribution in [0.5, 0.6) is 0 Å². The maximum Gasteiger partial charge on any atom is 0.151 e. The van der Waals surface area contributed by atoms with Gasteiger partial charge in [-0.2, -0.15) is 0 Å². The fraction of sp³-hybridized carbons (Fsp3) is 0.538. The summed E-state index contributed by atoms with van der Waals surface area (Å²) in [5.74, 6) is 0.229. The molecule has 0 bridgehead atoms. The molecule has 100 valence electrons. The molecular weight excluding hydrogens is 253 g/mol. The average Bonchev–Trinajstić information content (AvgIpc) is 2.67. The van der Waals surface area contributed by atoms with Crippen LogP contribution in [0.2, 0.25) is 0 Å². The van der Waals surface area contributed by atoms with Gasteiger partial charge in [-0.15, -0.1) is 0 Å². The smallest absolute Gasteiger partial charge is 0.151 e. The van der Waals surface area contributed by atoms with Gasteiger partial charge in [0.25, 0.3) is 0 Å². The van der Waals surface area contributed by atoms with E-state index in [0.717, 1.165) is 12.0 Å². The minimum Gasteiger partial charge on any atom is -0.306 e. The van der Waals surface area contributed by atoms with Gasteiger partial charge in [-0.1, -0.05) is 19.1 Å². The molecule has 0 radical (unpaired) electrons. The van der Waals surface area contributed by atoms with Crippen LogP contribution in [0.25, 0.3) is 0 Å². The Hall–Kier alpha value is -0.940. The second kappa shape index (κ2) is 5.36. The molecule has 1 aliphatic heterocycles. The molecule has 0 amide bonds. The van der Waals surface area contributed by atoms with Crippen LogP contribution in [0.15, 0.2) is 24.3 Å². The zero-order valence-electron chi connectivity index (χ0n) is 10.4. The highest BCUT2D eigenvalue weighted by Crippen LogP contribution is 2.21. The summed E-state index contributed by atoms with van der Waals surface area (Å²) in [7, 11) is -2.86. The monoisotopic (exact) mass is 271 g/mol. The Morgan fingerprint density at radius 1 is 1.39 bits per heavy atom. The molecule has 2 rings (SSSR count). The molecule has 3 nitrogen and oxygen atoms in total. The molecule has 1 fully saturated rings. The number of halogens is 1. The van der Waals surface area contributed by atoms with E-state index in [-0.39, 0.29) is 29.4 Å². The second-order valence-corrected chi connectivity index (χ2v) is 7.01. The number of benzene rings is 1. The van der Waals surface area contributed by atoms with Gasteiger partial charge in [0.05, 0.1) is 11.5 Å². The topological polar surface area (TPSA) is 46.2 Å². The number of sulfone groups is 1. The largest absolute Gasteiger partial charge is 0.306 e. The van der Waals surface area contributed by atoms with Crippen molar-refractivity contribution in [2.24, 2.45) is 0 Å². The standard InChI is InChI=1S/C13H18FNO2S/c1-2-13(10-3-5-11(14)6-4-10)15-12-7-8-18(16,17)9-12/h3-6,12-13,15H,2,7-9H2,1H3. The fourth-order valence-corrected chi connectivity index (χ4v) is 4.04. The Kier molecular flexibility index (Phi) is 4.02. The van der Waals surface area contributed by atoms with Crippen molar-refractivity contribution >= 4 is 9.84 Å². The molecule has 0 saturated carbocycles. The number of nitrogens with one attached hydrogen (secondary N) is 1. The van der Waals surface area contributed by atoms with E-state index in [4.69, 9.17) is 0 Å². The van der Waals surface area contributed by atoms with Gasteiger partial charge in [0.15, 0.2) is 9.84 Å². The lowest BCUT2D eigenvalue weighted by Crippen LogP contribution is -2.33. The Bertz CT molecular complexity index is 498. The summed E-state index contributed by atoms with van der Waals surface area (Å²) in [5.41, 5.74) is 1.00. The van der Waals surface area contributed by atoms with Crippen LogP contribution >= 0.6 is 0 Å². The zero-order valence-corrected chi connectivity index (χ0v) is 11.2. The summed E-state index contributed by atoms with van der Waals surface area (Å²) in [5, 5.41) is 3.36. The van der Waals surface area contributed by atoms with E-state index >= 15 is 0 Å².